The number of carbonyl (C=O) groups excluding carboxylic acids is 1. The van der Waals surface area contributed by atoms with Crippen LogP contribution in [0.1, 0.15) is 11.8 Å². The molecule has 0 aromatic heterocycles. The predicted molar refractivity (Wildman–Crippen MR) is 75.1 cm³/mol. The van der Waals surface area contributed by atoms with Gasteiger partial charge >= 0.3 is 0 Å². The summed E-state index contributed by atoms with van der Waals surface area (Å²) < 4.78 is 5.73. The summed E-state index contributed by atoms with van der Waals surface area (Å²) in [6, 6.07) is 14.2. The molecular formula is C15H14ClNO2. The summed E-state index contributed by atoms with van der Waals surface area (Å²) in [6.07, 6.45) is -0.322. The Kier molecular flexibility index (Phi) is 3.40. The largest absolute Gasteiger partial charge is 0.352 e. The first kappa shape index (κ1) is 12.5. The number of halogens is 1. The van der Waals surface area contributed by atoms with Crippen LogP contribution in [-0.4, -0.2) is 29.8 Å². The minimum absolute atomic E-state index is 0.00930. The molecule has 3 rings (SSSR count). The van der Waals surface area contributed by atoms with E-state index in [0.29, 0.717) is 13.2 Å². The van der Waals surface area contributed by atoms with Crippen molar-refractivity contribution in [3.8, 4) is 0 Å². The molecule has 2 aromatic carbocycles. The van der Waals surface area contributed by atoms with Crippen LogP contribution in [0.5, 0.6) is 0 Å². The summed E-state index contributed by atoms with van der Waals surface area (Å²) >= 11 is 5.66. The summed E-state index contributed by atoms with van der Waals surface area (Å²) in [4.78, 5) is 13.6. The van der Waals surface area contributed by atoms with Crippen LogP contribution in [0.2, 0.25) is 0 Å². The van der Waals surface area contributed by atoms with Crippen LogP contribution in [0.3, 0.4) is 0 Å². The highest BCUT2D eigenvalue weighted by molar-refractivity contribution is 6.27. The third kappa shape index (κ3) is 2.20. The summed E-state index contributed by atoms with van der Waals surface area (Å²) in [5, 5.41) is 2.26. The topological polar surface area (TPSA) is 29.5 Å². The molecule has 2 aromatic rings. The van der Waals surface area contributed by atoms with Gasteiger partial charge in [-0.3, -0.25) is 4.79 Å². The fraction of sp³-hybridized carbons (Fsp3) is 0.267. The van der Waals surface area contributed by atoms with Gasteiger partial charge < -0.3 is 9.64 Å². The molecule has 1 atom stereocenters. The summed E-state index contributed by atoms with van der Waals surface area (Å²) in [5.41, 5.74) is 1.02. The summed E-state index contributed by atoms with van der Waals surface area (Å²) in [6.45, 7) is 1.15. The monoisotopic (exact) mass is 275 g/mol. The molecule has 4 heteroatoms. The SMILES string of the molecule is O=C(CCl)N1CCOC1c1cccc2ccccc12. The molecule has 0 N–H and O–H groups in total. The molecule has 1 heterocycles. The van der Waals surface area contributed by atoms with Gasteiger partial charge in [-0.1, -0.05) is 42.5 Å². The molecule has 1 fully saturated rings. The Labute approximate surface area is 116 Å². The van der Waals surface area contributed by atoms with Crippen LogP contribution in [-0.2, 0) is 9.53 Å². The van der Waals surface area contributed by atoms with E-state index in [2.05, 4.69) is 18.2 Å². The van der Waals surface area contributed by atoms with Gasteiger partial charge in [-0.2, -0.15) is 0 Å². The number of fused-ring (bicyclic) bond motifs is 1. The summed E-state index contributed by atoms with van der Waals surface area (Å²) in [5.74, 6) is -0.0953. The third-order valence-corrected chi connectivity index (χ3v) is 3.64. The zero-order valence-corrected chi connectivity index (χ0v) is 11.1. The quantitative estimate of drug-likeness (QED) is 0.789. The normalized spacial score (nSPS) is 19.0. The van der Waals surface area contributed by atoms with Crippen molar-refractivity contribution < 1.29 is 9.53 Å². The van der Waals surface area contributed by atoms with Crippen LogP contribution in [0, 0.1) is 0 Å². The number of rotatable bonds is 2. The van der Waals surface area contributed by atoms with E-state index >= 15 is 0 Å². The molecule has 19 heavy (non-hydrogen) atoms. The first-order chi connectivity index (χ1) is 9.31. The Bertz CT molecular complexity index is 609. The highest BCUT2D eigenvalue weighted by Crippen LogP contribution is 2.32. The number of amides is 1. The van der Waals surface area contributed by atoms with Crippen LogP contribution < -0.4 is 0 Å². The van der Waals surface area contributed by atoms with E-state index < -0.39 is 0 Å². The zero-order chi connectivity index (χ0) is 13.2. The molecule has 98 valence electrons. The average molecular weight is 276 g/mol. The van der Waals surface area contributed by atoms with E-state index in [1.807, 2.05) is 24.3 Å². The van der Waals surface area contributed by atoms with Crippen LogP contribution in [0.4, 0.5) is 0 Å². The molecule has 1 aliphatic heterocycles. The molecule has 1 amide bonds. The number of nitrogens with zero attached hydrogens (tertiary/aromatic N) is 1. The highest BCUT2D eigenvalue weighted by Gasteiger charge is 2.31. The number of ether oxygens (including phenoxy) is 1. The van der Waals surface area contributed by atoms with Gasteiger partial charge in [-0.15, -0.1) is 11.6 Å². The minimum Gasteiger partial charge on any atom is -0.352 e. The molecule has 1 saturated heterocycles. The van der Waals surface area contributed by atoms with Gasteiger partial charge in [0.25, 0.3) is 0 Å². The number of carbonyl (C=O) groups is 1. The predicted octanol–water partition coefficient (Wildman–Crippen LogP) is 2.94. The van der Waals surface area contributed by atoms with Crippen molar-refractivity contribution in [1.29, 1.82) is 0 Å². The third-order valence-electron chi connectivity index (χ3n) is 3.42. The van der Waals surface area contributed by atoms with Gasteiger partial charge in [-0.25, -0.2) is 0 Å². The van der Waals surface area contributed by atoms with Crippen molar-refractivity contribution >= 4 is 28.3 Å². The number of hydrogen-bond acceptors (Lipinski definition) is 2. The fourth-order valence-electron chi connectivity index (χ4n) is 2.53. The van der Waals surface area contributed by atoms with Crippen LogP contribution in [0.25, 0.3) is 10.8 Å². The van der Waals surface area contributed by atoms with E-state index in [4.69, 9.17) is 16.3 Å². The van der Waals surface area contributed by atoms with Crippen molar-refractivity contribution in [1.82, 2.24) is 4.90 Å². The Hall–Kier alpha value is -1.58. The van der Waals surface area contributed by atoms with Crippen molar-refractivity contribution in [2.75, 3.05) is 19.0 Å². The lowest BCUT2D eigenvalue weighted by Gasteiger charge is -2.23. The second-order valence-corrected chi connectivity index (χ2v) is 4.78. The van der Waals surface area contributed by atoms with E-state index in [0.717, 1.165) is 16.3 Å². The maximum absolute atomic E-state index is 11.8. The molecule has 0 spiro atoms. The number of benzene rings is 2. The van der Waals surface area contributed by atoms with Crippen molar-refractivity contribution in [2.24, 2.45) is 0 Å². The van der Waals surface area contributed by atoms with Gasteiger partial charge in [0, 0.05) is 12.1 Å². The first-order valence-corrected chi connectivity index (χ1v) is 6.79. The molecule has 0 bridgehead atoms. The van der Waals surface area contributed by atoms with E-state index in [1.54, 1.807) is 4.90 Å². The highest BCUT2D eigenvalue weighted by atomic mass is 35.5. The van der Waals surface area contributed by atoms with Crippen molar-refractivity contribution in [3.05, 3.63) is 48.0 Å². The van der Waals surface area contributed by atoms with E-state index in [1.165, 1.54) is 0 Å². The molecular weight excluding hydrogens is 262 g/mol. The van der Waals surface area contributed by atoms with E-state index in [-0.39, 0.29) is 18.0 Å². The molecule has 1 unspecified atom stereocenters. The molecule has 0 radical (unpaired) electrons. The van der Waals surface area contributed by atoms with E-state index in [9.17, 15) is 4.79 Å². The first-order valence-electron chi connectivity index (χ1n) is 6.26. The molecule has 1 aliphatic rings. The van der Waals surface area contributed by atoms with Gasteiger partial charge in [0.1, 0.15) is 5.88 Å². The maximum Gasteiger partial charge on any atom is 0.239 e. The molecule has 0 aliphatic carbocycles. The lowest BCUT2D eigenvalue weighted by molar-refractivity contribution is -0.133. The van der Waals surface area contributed by atoms with Crippen molar-refractivity contribution in [3.63, 3.8) is 0 Å². The Morgan fingerprint density at radius 1 is 1.26 bits per heavy atom. The number of alkyl halides is 1. The smallest absolute Gasteiger partial charge is 0.239 e. The van der Waals surface area contributed by atoms with Gasteiger partial charge in [0.05, 0.1) is 6.61 Å². The lowest BCUT2D eigenvalue weighted by Crippen LogP contribution is -2.32. The fourth-order valence-corrected chi connectivity index (χ4v) is 2.68. The maximum atomic E-state index is 11.8. The Balaban J connectivity index is 2.06. The van der Waals surface area contributed by atoms with Crippen LogP contribution >= 0.6 is 11.6 Å². The standard InChI is InChI=1S/C15H14ClNO2/c16-10-14(18)17-8-9-19-15(17)13-7-3-5-11-4-1-2-6-12(11)13/h1-7,15H,8-10H2. The average Bonchev–Trinajstić information content (AvgIpc) is 2.95. The molecule has 0 saturated carbocycles. The molecule has 3 nitrogen and oxygen atoms in total. The van der Waals surface area contributed by atoms with Crippen LogP contribution in [0.15, 0.2) is 42.5 Å². The Morgan fingerprint density at radius 3 is 2.89 bits per heavy atom. The van der Waals surface area contributed by atoms with Gasteiger partial charge in [0.15, 0.2) is 6.23 Å². The minimum atomic E-state index is -0.322. The summed E-state index contributed by atoms with van der Waals surface area (Å²) in [7, 11) is 0. The van der Waals surface area contributed by atoms with Crippen molar-refractivity contribution in [2.45, 2.75) is 6.23 Å². The van der Waals surface area contributed by atoms with Gasteiger partial charge in [0.2, 0.25) is 5.91 Å². The van der Waals surface area contributed by atoms with Gasteiger partial charge in [-0.05, 0) is 10.8 Å². The lowest BCUT2D eigenvalue weighted by atomic mass is 10.0. The zero-order valence-electron chi connectivity index (χ0n) is 10.4. The Morgan fingerprint density at radius 2 is 2.05 bits per heavy atom. The number of hydrogen-bond donors (Lipinski definition) is 0. The second-order valence-electron chi connectivity index (χ2n) is 4.51. The second kappa shape index (κ2) is 5.19.